The summed E-state index contributed by atoms with van der Waals surface area (Å²) in [4.78, 5) is 8.80. The summed E-state index contributed by atoms with van der Waals surface area (Å²) >= 11 is 0. The molecule has 0 saturated heterocycles. The molecule has 21 heavy (non-hydrogen) atoms. The highest BCUT2D eigenvalue weighted by molar-refractivity contribution is 5.85. The minimum absolute atomic E-state index is 0.610. The second kappa shape index (κ2) is 5.93. The number of anilines is 1. The van der Waals surface area contributed by atoms with Crippen LogP contribution in [0.2, 0.25) is 0 Å². The first-order chi connectivity index (χ1) is 10.3. The second-order valence-corrected chi connectivity index (χ2v) is 4.94. The van der Waals surface area contributed by atoms with Crippen molar-refractivity contribution in [1.82, 2.24) is 14.5 Å². The summed E-state index contributed by atoms with van der Waals surface area (Å²) in [7, 11) is 3.69. The molecule has 1 N–H and O–H groups in total. The van der Waals surface area contributed by atoms with Crippen LogP contribution in [0.1, 0.15) is 11.1 Å². The fourth-order valence-electron chi connectivity index (χ4n) is 2.40. The van der Waals surface area contributed by atoms with Gasteiger partial charge in [-0.3, -0.25) is 0 Å². The molecule has 0 fully saturated rings. The third kappa shape index (κ3) is 2.73. The van der Waals surface area contributed by atoms with E-state index in [1.165, 1.54) is 11.1 Å². The van der Waals surface area contributed by atoms with E-state index in [4.69, 9.17) is 4.74 Å². The average Bonchev–Trinajstić information content (AvgIpc) is 2.89. The van der Waals surface area contributed by atoms with Gasteiger partial charge in [0.2, 0.25) is 0 Å². The van der Waals surface area contributed by atoms with Gasteiger partial charge in [-0.05, 0) is 17.2 Å². The summed E-state index contributed by atoms with van der Waals surface area (Å²) in [6, 6.07) is 10.2. The van der Waals surface area contributed by atoms with Crippen molar-refractivity contribution in [3.8, 4) is 0 Å². The molecule has 108 valence electrons. The fraction of sp³-hybridized carbons (Fsp3) is 0.250. The largest absolute Gasteiger partial charge is 0.380 e. The number of hydrogen-bond acceptors (Lipinski definition) is 4. The highest BCUT2D eigenvalue weighted by Crippen LogP contribution is 2.20. The molecule has 0 amide bonds. The van der Waals surface area contributed by atoms with Gasteiger partial charge in [0.15, 0.2) is 5.82 Å². The van der Waals surface area contributed by atoms with Gasteiger partial charge in [-0.15, -0.1) is 0 Å². The first-order valence-electron chi connectivity index (χ1n) is 6.85. The van der Waals surface area contributed by atoms with Crippen LogP contribution in [0.15, 0.2) is 42.9 Å². The van der Waals surface area contributed by atoms with Crippen molar-refractivity contribution in [3.63, 3.8) is 0 Å². The first-order valence-corrected chi connectivity index (χ1v) is 6.85. The van der Waals surface area contributed by atoms with E-state index in [0.717, 1.165) is 16.9 Å². The van der Waals surface area contributed by atoms with Crippen molar-refractivity contribution in [2.24, 2.45) is 7.05 Å². The average molecular weight is 282 g/mol. The van der Waals surface area contributed by atoms with Gasteiger partial charge in [0.25, 0.3) is 0 Å². The van der Waals surface area contributed by atoms with E-state index in [2.05, 4.69) is 27.4 Å². The van der Waals surface area contributed by atoms with Gasteiger partial charge in [0, 0.05) is 26.9 Å². The minimum Gasteiger partial charge on any atom is -0.380 e. The number of nitrogens with zero attached hydrogens (tertiary/aromatic N) is 3. The Hall–Kier alpha value is -2.40. The number of aromatic nitrogens is 3. The number of hydrogen-bond donors (Lipinski definition) is 1. The van der Waals surface area contributed by atoms with Gasteiger partial charge in [-0.1, -0.05) is 24.3 Å². The lowest BCUT2D eigenvalue weighted by molar-refractivity contribution is 0.184. The molecule has 0 aliphatic rings. The number of nitrogens with one attached hydrogen (secondary N) is 1. The molecule has 2 aromatic heterocycles. The summed E-state index contributed by atoms with van der Waals surface area (Å²) in [6.07, 6.45) is 3.60. The van der Waals surface area contributed by atoms with E-state index in [1.807, 2.05) is 29.8 Å². The van der Waals surface area contributed by atoms with Crippen molar-refractivity contribution < 1.29 is 4.74 Å². The van der Waals surface area contributed by atoms with E-state index in [0.29, 0.717) is 13.2 Å². The molecule has 3 aromatic rings. The number of aryl methyl sites for hydroxylation is 1. The lowest BCUT2D eigenvalue weighted by Gasteiger charge is -2.10. The summed E-state index contributed by atoms with van der Waals surface area (Å²) in [5.74, 6) is 0.806. The van der Waals surface area contributed by atoms with Crippen LogP contribution in [0.5, 0.6) is 0 Å². The molecule has 0 radical (unpaired) electrons. The van der Waals surface area contributed by atoms with Gasteiger partial charge in [0.05, 0.1) is 18.5 Å². The molecule has 2 heterocycles. The van der Waals surface area contributed by atoms with Crippen LogP contribution < -0.4 is 5.32 Å². The summed E-state index contributed by atoms with van der Waals surface area (Å²) in [6.45, 7) is 1.31. The molecule has 1 aromatic carbocycles. The highest BCUT2D eigenvalue weighted by atomic mass is 16.5. The maximum Gasteiger partial charge on any atom is 0.154 e. The van der Waals surface area contributed by atoms with Crippen LogP contribution in [0.4, 0.5) is 5.82 Å². The Bertz CT molecular complexity index is 751. The Kier molecular flexibility index (Phi) is 3.83. The second-order valence-electron chi connectivity index (χ2n) is 4.94. The Labute approximate surface area is 123 Å². The van der Waals surface area contributed by atoms with E-state index < -0.39 is 0 Å². The van der Waals surface area contributed by atoms with Crippen LogP contribution in [0, 0.1) is 0 Å². The number of methoxy groups -OCH3 is 1. The zero-order chi connectivity index (χ0) is 14.7. The van der Waals surface area contributed by atoms with Crippen LogP contribution in [-0.2, 0) is 24.9 Å². The van der Waals surface area contributed by atoms with Crippen molar-refractivity contribution in [1.29, 1.82) is 0 Å². The number of benzene rings is 1. The highest BCUT2D eigenvalue weighted by Gasteiger charge is 2.07. The van der Waals surface area contributed by atoms with Gasteiger partial charge < -0.3 is 14.6 Å². The minimum atomic E-state index is 0.610. The van der Waals surface area contributed by atoms with Crippen molar-refractivity contribution in [2.75, 3.05) is 12.4 Å². The number of fused-ring (bicyclic) bond motifs is 1. The number of rotatable bonds is 5. The molecular formula is C16H18N4O. The van der Waals surface area contributed by atoms with Crippen LogP contribution in [0.3, 0.4) is 0 Å². The standard InChI is InChI=1S/C16H18N4O/c1-20-11-19-15-14(20)7-8-17-16(15)18-9-12-5-3-4-6-13(12)10-21-2/h3-8,11H,9-10H2,1-2H3,(H,17,18). The Morgan fingerprint density at radius 1 is 1.14 bits per heavy atom. The molecule has 0 unspecified atom stereocenters. The molecule has 0 saturated carbocycles. The zero-order valence-electron chi connectivity index (χ0n) is 12.2. The maximum absolute atomic E-state index is 5.24. The first kappa shape index (κ1) is 13.6. The summed E-state index contributed by atoms with van der Waals surface area (Å²) in [5.41, 5.74) is 4.34. The molecule has 5 heteroatoms. The van der Waals surface area contributed by atoms with Gasteiger partial charge in [0.1, 0.15) is 5.52 Å². The zero-order valence-corrected chi connectivity index (χ0v) is 12.2. The van der Waals surface area contributed by atoms with E-state index >= 15 is 0 Å². The molecule has 0 aliphatic carbocycles. The lowest BCUT2D eigenvalue weighted by atomic mass is 10.1. The molecule has 0 aliphatic heterocycles. The van der Waals surface area contributed by atoms with Crippen LogP contribution in [0.25, 0.3) is 11.0 Å². The van der Waals surface area contributed by atoms with E-state index in [-0.39, 0.29) is 0 Å². The van der Waals surface area contributed by atoms with E-state index in [1.54, 1.807) is 19.6 Å². The quantitative estimate of drug-likeness (QED) is 0.781. The van der Waals surface area contributed by atoms with E-state index in [9.17, 15) is 0 Å². The number of pyridine rings is 1. The van der Waals surface area contributed by atoms with Crippen molar-refractivity contribution in [2.45, 2.75) is 13.2 Å². The monoisotopic (exact) mass is 282 g/mol. The topological polar surface area (TPSA) is 52.0 Å². The third-order valence-corrected chi connectivity index (χ3v) is 3.51. The predicted molar refractivity (Wildman–Crippen MR) is 83.0 cm³/mol. The molecular weight excluding hydrogens is 264 g/mol. The van der Waals surface area contributed by atoms with Crippen molar-refractivity contribution >= 4 is 16.9 Å². The van der Waals surface area contributed by atoms with Crippen LogP contribution >= 0.6 is 0 Å². The Morgan fingerprint density at radius 3 is 2.76 bits per heavy atom. The lowest BCUT2D eigenvalue weighted by Crippen LogP contribution is -2.05. The third-order valence-electron chi connectivity index (χ3n) is 3.51. The maximum atomic E-state index is 5.24. The van der Waals surface area contributed by atoms with Crippen molar-refractivity contribution in [3.05, 3.63) is 54.0 Å². The summed E-state index contributed by atoms with van der Waals surface area (Å²) in [5, 5.41) is 3.37. The fourth-order valence-corrected chi connectivity index (χ4v) is 2.40. The molecule has 3 rings (SSSR count). The van der Waals surface area contributed by atoms with Gasteiger partial charge >= 0.3 is 0 Å². The van der Waals surface area contributed by atoms with Gasteiger partial charge in [-0.25, -0.2) is 9.97 Å². The Balaban J connectivity index is 1.84. The molecule has 5 nitrogen and oxygen atoms in total. The summed E-state index contributed by atoms with van der Waals surface area (Å²) < 4.78 is 7.22. The number of imidazole rings is 1. The molecule has 0 atom stereocenters. The smallest absolute Gasteiger partial charge is 0.154 e. The SMILES string of the molecule is COCc1ccccc1CNc1nccc2c1ncn2C. The number of ether oxygens (including phenoxy) is 1. The molecule has 0 spiro atoms. The predicted octanol–water partition coefficient (Wildman–Crippen LogP) is 2.73. The normalized spacial score (nSPS) is 11.0. The van der Waals surface area contributed by atoms with Gasteiger partial charge in [-0.2, -0.15) is 0 Å². The Morgan fingerprint density at radius 2 is 1.95 bits per heavy atom. The molecule has 0 bridgehead atoms. The van der Waals surface area contributed by atoms with Crippen LogP contribution in [-0.4, -0.2) is 21.6 Å².